The van der Waals surface area contributed by atoms with Crippen LogP contribution < -0.4 is 10.6 Å². The van der Waals surface area contributed by atoms with Gasteiger partial charge in [0, 0.05) is 16.1 Å². The van der Waals surface area contributed by atoms with Crippen molar-refractivity contribution in [2.75, 3.05) is 11.9 Å². The number of carboxylic acids is 1. The second kappa shape index (κ2) is 10.7. The lowest BCUT2D eigenvalue weighted by atomic mass is 9.98. The van der Waals surface area contributed by atoms with Gasteiger partial charge in [-0.05, 0) is 62.8 Å². The van der Waals surface area contributed by atoms with Crippen molar-refractivity contribution >= 4 is 39.6 Å². The molecule has 0 bridgehead atoms. The number of benzene rings is 3. The number of carbonyl (C=O) groups excluding carboxylic acids is 2. The first-order chi connectivity index (χ1) is 16.9. The predicted octanol–water partition coefficient (Wildman–Crippen LogP) is 5.79. The lowest BCUT2D eigenvalue weighted by Gasteiger charge is -2.19. The molecule has 3 aromatic rings. The number of nitrogens with one attached hydrogen (secondary N) is 2. The number of carboxylic acid groups (broad SMARTS) is 1. The minimum absolute atomic E-state index is 0.0272. The number of rotatable bonds is 8. The molecule has 2 amide bonds. The van der Waals surface area contributed by atoms with Gasteiger partial charge in [0.05, 0.1) is 5.56 Å². The van der Waals surface area contributed by atoms with Crippen molar-refractivity contribution in [1.29, 1.82) is 0 Å². The summed E-state index contributed by atoms with van der Waals surface area (Å²) in [5.74, 6) is -1.64. The molecule has 1 aliphatic carbocycles. The summed E-state index contributed by atoms with van der Waals surface area (Å²) in [6, 6.07) is 19.8. The Morgan fingerprint density at radius 2 is 1.63 bits per heavy atom. The van der Waals surface area contributed by atoms with Crippen LogP contribution in [0.1, 0.15) is 47.2 Å². The van der Waals surface area contributed by atoms with E-state index in [1.54, 1.807) is 12.1 Å². The van der Waals surface area contributed by atoms with Crippen LogP contribution in [0.25, 0.3) is 11.1 Å². The Hall–Kier alpha value is -3.65. The van der Waals surface area contributed by atoms with Gasteiger partial charge in [-0.3, -0.25) is 4.79 Å². The topological polar surface area (TPSA) is 105 Å². The molecule has 0 aliphatic heterocycles. The first-order valence-corrected chi connectivity index (χ1v) is 12.1. The van der Waals surface area contributed by atoms with Gasteiger partial charge in [-0.2, -0.15) is 0 Å². The Morgan fingerprint density at radius 3 is 2.23 bits per heavy atom. The molecule has 0 unspecified atom stereocenters. The van der Waals surface area contributed by atoms with Crippen molar-refractivity contribution in [2.24, 2.45) is 0 Å². The molecule has 0 saturated carbocycles. The number of hydrogen-bond donors (Lipinski definition) is 3. The molecule has 0 spiro atoms. The van der Waals surface area contributed by atoms with E-state index in [0.717, 1.165) is 22.3 Å². The van der Waals surface area contributed by atoms with Crippen LogP contribution in [0.3, 0.4) is 0 Å². The smallest absolute Gasteiger partial charge is 0.407 e. The monoisotopic (exact) mass is 536 g/mol. The maximum Gasteiger partial charge on any atom is 0.407 e. The number of hydrogen-bond acceptors (Lipinski definition) is 4. The van der Waals surface area contributed by atoms with Crippen molar-refractivity contribution in [3.05, 3.63) is 87.9 Å². The summed E-state index contributed by atoms with van der Waals surface area (Å²) < 4.78 is 5.98. The standard InChI is InChI=1S/C27H25BrN2O5/c1-2-7-24(25(31)29-16-12-13-23(28)21(14-16)26(32)33)30-27(34)35-15-22-19-10-5-3-8-17(19)18-9-4-6-11-20(18)22/h3-6,8-14,22,24H,2,7,15H2,1H3,(H,29,31)(H,30,34)(H,32,33)/t24-/m1/s1. The van der Waals surface area contributed by atoms with Crippen LogP contribution >= 0.6 is 15.9 Å². The largest absolute Gasteiger partial charge is 0.478 e. The third kappa shape index (κ3) is 5.38. The summed E-state index contributed by atoms with van der Waals surface area (Å²) in [5.41, 5.74) is 4.83. The molecule has 4 rings (SSSR count). The summed E-state index contributed by atoms with van der Waals surface area (Å²) in [5, 5.41) is 14.6. The first-order valence-electron chi connectivity index (χ1n) is 11.3. The number of aromatic carboxylic acids is 1. The van der Waals surface area contributed by atoms with Gasteiger partial charge in [-0.15, -0.1) is 0 Å². The van der Waals surface area contributed by atoms with Gasteiger partial charge in [0.2, 0.25) is 5.91 Å². The highest BCUT2D eigenvalue weighted by atomic mass is 79.9. The number of carbonyl (C=O) groups is 3. The molecule has 1 aliphatic rings. The van der Waals surface area contributed by atoms with E-state index >= 15 is 0 Å². The van der Waals surface area contributed by atoms with Gasteiger partial charge < -0.3 is 20.5 Å². The van der Waals surface area contributed by atoms with Crippen molar-refractivity contribution < 1.29 is 24.2 Å². The fourth-order valence-electron chi connectivity index (χ4n) is 4.34. The Morgan fingerprint density at radius 1 is 1.00 bits per heavy atom. The summed E-state index contributed by atoms with van der Waals surface area (Å²) in [4.78, 5) is 36.9. The molecule has 0 aromatic heterocycles. The molecule has 0 saturated heterocycles. The van der Waals surface area contributed by atoms with E-state index in [1.807, 2.05) is 43.3 Å². The fourth-order valence-corrected chi connectivity index (χ4v) is 4.75. The minimum Gasteiger partial charge on any atom is -0.478 e. The predicted molar refractivity (Wildman–Crippen MR) is 137 cm³/mol. The number of alkyl carbamates (subject to hydrolysis) is 1. The van der Waals surface area contributed by atoms with Crippen LogP contribution in [-0.2, 0) is 9.53 Å². The van der Waals surface area contributed by atoms with Crippen LogP contribution in [0.4, 0.5) is 10.5 Å². The van der Waals surface area contributed by atoms with Crippen molar-refractivity contribution in [1.82, 2.24) is 5.32 Å². The van der Waals surface area contributed by atoms with E-state index in [2.05, 4.69) is 38.7 Å². The molecule has 7 nitrogen and oxygen atoms in total. The Labute approximate surface area is 211 Å². The number of halogens is 1. The highest BCUT2D eigenvalue weighted by Crippen LogP contribution is 2.44. The summed E-state index contributed by atoms with van der Waals surface area (Å²) >= 11 is 3.18. The average molecular weight is 537 g/mol. The fraction of sp³-hybridized carbons (Fsp3) is 0.222. The SMILES string of the molecule is CCC[C@@H](NC(=O)OCC1c2ccccc2-c2ccccc21)C(=O)Nc1ccc(Br)c(C(=O)O)c1. The molecular formula is C27H25BrN2O5. The third-order valence-corrected chi connectivity index (χ3v) is 6.69. The molecular weight excluding hydrogens is 512 g/mol. The maximum atomic E-state index is 12.9. The Bertz CT molecular complexity index is 1230. The van der Waals surface area contributed by atoms with Gasteiger partial charge in [0.15, 0.2) is 0 Å². The van der Waals surface area contributed by atoms with Gasteiger partial charge in [0.1, 0.15) is 12.6 Å². The van der Waals surface area contributed by atoms with Crippen LogP contribution in [0.15, 0.2) is 71.2 Å². The van der Waals surface area contributed by atoms with Gasteiger partial charge in [0.25, 0.3) is 0 Å². The molecule has 0 heterocycles. The summed E-state index contributed by atoms with van der Waals surface area (Å²) in [6.45, 7) is 2.05. The van der Waals surface area contributed by atoms with Crippen LogP contribution in [-0.4, -0.2) is 35.7 Å². The average Bonchev–Trinajstić information content (AvgIpc) is 3.17. The number of fused-ring (bicyclic) bond motifs is 3. The van der Waals surface area contributed by atoms with E-state index < -0.39 is 24.0 Å². The van der Waals surface area contributed by atoms with Crippen molar-refractivity contribution in [2.45, 2.75) is 31.7 Å². The molecule has 3 N–H and O–H groups in total. The van der Waals surface area contributed by atoms with Crippen LogP contribution in [0.5, 0.6) is 0 Å². The molecule has 0 radical (unpaired) electrons. The van der Waals surface area contributed by atoms with E-state index in [4.69, 9.17) is 4.74 Å². The summed E-state index contributed by atoms with van der Waals surface area (Å²) in [6.07, 6.45) is 0.378. The van der Waals surface area contributed by atoms with Crippen LogP contribution in [0.2, 0.25) is 0 Å². The van der Waals surface area contributed by atoms with Crippen LogP contribution in [0, 0.1) is 0 Å². The Kier molecular flexibility index (Phi) is 7.51. The zero-order chi connectivity index (χ0) is 24.9. The quantitative estimate of drug-likeness (QED) is 0.337. The summed E-state index contributed by atoms with van der Waals surface area (Å²) in [7, 11) is 0. The number of anilines is 1. The maximum absolute atomic E-state index is 12.9. The second-order valence-electron chi connectivity index (χ2n) is 8.30. The lowest BCUT2D eigenvalue weighted by Crippen LogP contribution is -2.44. The van der Waals surface area contributed by atoms with Gasteiger partial charge >= 0.3 is 12.1 Å². The second-order valence-corrected chi connectivity index (χ2v) is 9.15. The zero-order valence-electron chi connectivity index (χ0n) is 19.1. The highest BCUT2D eigenvalue weighted by Gasteiger charge is 2.29. The number of ether oxygens (including phenoxy) is 1. The van der Waals surface area contributed by atoms with E-state index in [0.29, 0.717) is 23.0 Å². The zero-order valence-corrected chi connectivity index (χ0v) is 20.7. The molecule has 1 atom stereocenters. The van der Waals surface area contributed by atoms with Gasteiger partial charge in [-0.25, -0.2) is 9.59 Å². The van der Waals surface area contributed by atoms with Gasteiger partial charge in [-0.1, -0.05) is 61.9 Å². The third-order valence-electron chi connectivity index (χ3n) is 5.99. The lowest BCUT2D eigenvalue weighted by molar-refractivity contribution is -0.118. The van der Waals surface area contributed by atoms with E-state index in [1.165, 1.54) is 6.07 Å². The molecule has 0 fully saturated rings. The first kappa shape index (κ1) is 24.5. The Balaban J connectivity index is 1.41. The molecule has 3 aromatic carbocycles. The highest BCUT2D eigenvalue weighted by molar-refractivity contribution is 9.10. The van der Waals surface area contributed by atoms with E-state index in [-0.39, 0.29) is 18.1 Å². The molecule has 35 heavy (non-hydrogen) atoms. The van der Waals surface area contributed by atoms with E-state index in [9.17, 15) is 19.5 Å². The van der Waals surface area contributed by atoms with Crippen molar-refractivity contribution in [3.63, 3.8) is 0 Å². The minimum atomic E-state index is -1.12. The normalized spacial score (nSPS) is 12.9. The molecule has 180 valence electrons. The number of amides is 2. The molecule has 8 heteroatoms. The van der Waals surface area contributed by atoms with Crippen molar-refractivity contribution in [3.8, 4) is 11.1 Å².